The molecule has 0 unspecified atom stereocenters. The van der Waals surface area contributed by atoms with Crippen LogP contribution in [-0.2, 0) is 0 Å². The third kappa shape index (κ3) is 4.42. The number of nitro groups is 1. The van der Waals surface area contributed by atoms with Crippen LogP contribution in [-0.4, -0.2) is 48.1 Å². The Hall–Kier alpha value is -2.15. The second-order valence-corrected chi connectivity index (χ2v) is 4.62. The fourth-order valence-corrected chi connectivity index (χ4v) is 1.99. The smallest absolute Gasteiger partial charge is 0.285 e. The van der Waals surface area contributed by atoms with Gasteiger partial charge in [0, 0.05) is 26.3 Å². The van der Waals surface area contributed by atoms with Crippen LogP contribution < -0.4 is 4.74 Å². The van der Waals surface area contributed by atoms with E-state index in [1.54, 1.807) is 7.05 Å². The topological polar surface area (TPSA) is 92.9 Å². The monoisotopic (exact) mass is 296 g/mol. The molecule has 116 valence electrons. The van der Waals surface area contributed by atoms with Crippen LogP contribution >= 0.6 is 0 Å². The number of aliphatic hydroxyl groups is 1. The molecule has 0 spiro atoms. The molecule has 0 saturated heterocycles. The Bertz CT molecular complexity index is 504. The molecule has 0 saturated carbocycles. The van der Waals surface area contributed by atoms with E-state index in [1.165, 1.54) is 30.2 Å². The first-order valence-electron chi connectivity index (χ1n) is 6.70. The number of carbonyl (C=O) groups excluding carboxylic acids is 1. The molecule has 21 heavy (non-hydrogen) atoms. The van der Waals surface area contributed by atoms with Crippen molar-refractivity contribution < 1.29 is 19.6 Å². The molecule has 0 aliphatic heterocycles. The van der Waals surface area contributed by atoms with E-state index in [4.69, 9.17) is 9.84 Å². The van der Waals surface area contributed by atoms with Crippen LogP contribution in [0.3, 0.4) is 0 Å². The third-order valence-electron chi connectivity index (χ3n) is 3.13. The van der Waals surface area contributed by atoms with Crippen molar-refractivity contribution in [1.29, 1.82) is 0 Å². The summed E-state index contributed by atoms with van der Waals surface area (Å²) in [4.78, 5) is 24.3. The van der Waals surface area contributed by atoms with Crippen molar-refractivity contribution in [2.75, 3.05) is 27.3 Å². The molecule has 1 rings (SSSR count). The lowest BCUT2D eigenvalue weighted by Gasteiger charge is -2.18. The van der Waals surface area contributed by atoms with Crippen molar-refractivity contribution in [3.05, 3.63) is 33.9 Å². The lowest BCUT2D eigenvalue weighted by molar-refractivity contribution is -0.385. The minimum atomic E-state index is -0.588. The minimum absolute atomic E-state index is 0.0327. The van der Waals surface area contributed by atoms with E-state index < -0.39 is 10.8 Å². The Morgan fingerprint density at radius 3 is 2.67 bits per heavy atom. The van der Waals surface area contributed by atoms with Gasteiger partial charge in [-0.15, -0.1) is 0 Å². The van der Waals surface area contributed by atoms with Gasteiger partial charge in [-0.05, 0) is 25.3 Å². The SMILES string of the molecule is COc1cccc([N+](=O)[O-])c1C(=O)N(C)CCCCCO. The van der Waals surface area contributed by atoms with E-state index in [9.17, 15) is 14.9 Å². The summed E-state index contributed by atoms with van der Waals surface area (Å²) >= 11 is 0. The minimum Gasteiger partial charge on any atom is -0.496 e. The van der Waals surface area contributed by atoms with Gasteiger partial charge >= 0.3 is 0 Å². The highest BCUT2D eigenvalue weighted by molar-refractivity contribution is 6.00. The van der Waals surface area contributed by atoms with E-state index >= 15 is 0 Å². The van der Waals surface area contributed by atoms with Gasteiger partial charge in [0.05, 0.1) is 12.0 Å². The molecule has 1 aromatic carbocycles. The molecule has 0 atom stereocenters. The van der Waals surface area contributed by atoms with Crippen LogP contribution in [0.5, 0.6) is 5.75 Å². The fourth-order valence-electron chi connectivity index (χ4n) is 1.99. The number of ether oxygens (including phenoxy) is 1. The molecule has 7 heteroatoms. The molecule has 0 fully saturated rings. The molecule has 0 bridgehead atoms. The van der Waals surface area contributed by atoms with E-state index in [0.29, 0.717) is 13.0 Å². The molecule has 0 aliphatic carbocycles. The van der Waals surface area contributed by atoms with Gasteiger partial charge in [0.15, 0.2) is 5.56 Å². The molecule has 0 aromatic heterocycles. The van der Waals surface area contributed by atoms with Gasteiger partial charge in [-0.3, -0.25) is 14.9 Å². The molecule has 1 N–H and O–H groups in total. The van der Waals surface area contributed by atoms with Gasteiger partial charge in [0.2, 0.25) is 0 Å². The van der Waals surface area contributed by atoms with Gasteiger partial charge in [-0.25, -0.2) is 0 Å². The summed E-state index contributed by atoms with van der Waals surface area (Å²) in [7, 11) is 2.97. The Labute approximate surface area is 123 Å². The van der Waals surface area contributed by atoms with E-state index in [0.717, 1.165) is 12.8 Å². The van der Waals surface area contributed by atoms with Gasteiger partial charge in [0.1, 0.15) is 5.75 Å². The van der Waals surface area contributed by atoms with Crippen molar-refractivity contribution in [3.8, 4) is 5.75 Å². The van der Waals surface area contributed by atoms with Gasteiger partial charge in [0.25, 0.3) is 11.6 Å². The second kappa shape index (κ2) is 8.21. The first-order valence-corrected chi connectivity index (χ1v) is 6.70. The number of benzene rings is 1. The van der Waals surface area contributed by atoms with Crippen LogP contribution in [0, 0.1) is 10.1 Å². The van der Waals surface area contributed by atoms with Crippen LogP contribution in [0.4, 0.5) is 5.69 Å². The zero-order chi connectivity index (χ0) is 15.8. The summed E-state index contributed by atoms with van der Waals surface area (Å²) in [6.45, 7) is 0.587. The zero-order valence-electron chi connectivity index (χ0n) is 12.2. The van der Waals surface area contributed by atoms with Crippen LogP contribution in [0.2, 0.25) is 0 Å². The Morgan fingerprint density at radius 1 is 1.38 bits per heavy atom. The number of unbranched alkanes of at least 4 members (excludes halogenated alkanes) is 2. The maximum Gasteiger partial charge on any atom is 0.285 e. The quantitative estimate of drug-likeness (QED) is 0.449. The highest BCUT2D eigenvalue weighted by Crippen LogP contribution is 2.29. The fraction of sp³-hybridized carbons (Fsp3) is 0.500. The summed E-state index contributed by atoms with van der Waals surface area (Å²) in [6.07, 6.45) is 2.20. The Kier molecular flexibility index (Phi) is 6.61. The summed E-state index contributed by atoms with van der Waals surface area (Å²) in [5.41, 5.74) is -0.295. The summed E-state index contributed by atoms with van der Waals surface area (Å²) < 4.78 is 5.07. The van der Waals surface area contributed by atoms with E-state index in [-0.39, 0.29) is 23.6 Å². The Balaban J connectivity index is 2.92. The highest BCUT2D eigenvalue weighted by Gasteiger charge is 2.26. The molecule has 0 heterocycles. The van der Waals surface area contributed by atoms with Crippen molar-refractivity contribution in [2.24, 2.45) is 0 Å². The summed E-state index contributed by atoms with van der Waals surface area (Å²) in [5, 5.41) is 19.8. The zero-order valence-corrected chi connectivity index (χ0v) is 12.2. The number of methoxy groups -OCH3 is 1. The lowest BCUT2D eigenvalue weighted by atomic mass is 10.1. The van der Waals surface area contributed by atoms with Crippen molar-refractivity contribution in [1.82, 2.24) is 4.90 Å². The third-order valence-corrected chi connectivity index (χ3v) is 3.13. The first-order chi connectivity index (χ1) is 10.0. The normalized spacial score (nSPS) is 10.2. The molecule has 7 nitrogen and oxygen atoms in total. The average Bonchev–Trinajstić information content (AvgIpc) is 2.49. The lowest BCUT2D eigenvalue weighted by Crippen LogP contribution is -2.28. The van der Waals surface area contributed by atoms with Crippen molar-refractivity contribution in [3.63, 3.8) is 0 Å². The van der Waals surface area contributed by atoms with Gasteiger partial charge in [-0.1, -0.05) is 6.07 Å². The van der Waals surface area contributed by atoms with Crippen molar-refractivity contribution in [2.45, 2.75) is 19.3 Å². The standard InChI is InChI=1S/C14H20N2O5/c1-15(9-4-3-5-10-17)14(18)13-11(16(19)20)7-6-8-12(13)21-2/h6-8,17H,3-5,9-10H2,1-2H3. The molecule has 0 aliphatic rings. The average molecular weight is 296 g/mol. The number of hydrogen-bond donors (Lipinski definition) is 1. The molecule has 0 radical (unpaired) electrons. The van der Waals surface area contributed by atoms with Crippen LogP contribution in [0.15, 0.2) is 18.2 Å². The second-order valence-electron chi connectivity index (χ2n) is 4.62. The van der Waals surface area contributed by atoms with Gasteiger partial charge < -0.3 is 14.7 Å². The largest absolute Gasteiger partial charge is 0.496 e. The van der Waals surface area contributed by atoms with E-state index in [2.05, 4.69) is 0 Å². The predicted molar refractivity (Wildman–Crippen MR) is 77.5 cm³/mol. The molecule has 1 aromatic rings. The number of rotatable bonds is 8. The molecule has 1 amide bonds. The van der Waals surface area contributed by atoms with E-state index in [1.807, 2.05) is 0 Å². The van der Waals surface area contributed by atoms with Crippen molar-refractivity contribution >= 4 is 11.6 Å². The number of nitrogens with zero attached hydrogens (tertiary/aromatic N) is 2. The maximum absolute atomic E-state index is 12.4. The molecular weight excluding hydrogens is 276 g/mol. The Morgan fingerprint density at radius 2 is 2.10 bits per heavy atom. The first kappa shape index (κ1) is 16.9. The number of carbonyl (C=O) groups is 1. The number of aliphatic hydroxyl groups excluding tert-OH is 1. The van der Waals surface area contributed by atoms with Crippen LogP contribution in [0.25, 0.3) is 0 Å². The number of hydrogen-bond acceptors (Lipinski definition) is 5. The molecular formula is C14H20N2O5. The summed E-state index contributed by atoms with van der Waals surface area (Å²) in [5.74, 6) is -0.250. The van der Waals surface area contributed by atoms with Crippen LogP contribution in [0.1, 0.15) is 29.6 Å². The highest BCUT2D eigenvalue weighted by atomic mass is 16.6. The predicted octanol–water partition coefficient (Wildman–Crippen LogP) is 1.84. The number of amides is 1. The maximum atomic E-state index is 12.4. The summed E-state index contributed by atoms with van der Waals surface area (Å²) in [6, 6.07) is 4.30. The number of nitro benzene ring substituents is 1. The van der Waals surface area contributed by atoms with Gasteiger partial charge in [-0.2, -0.15) is 0 Å².